The van der Waals surface area contributed by atoms with Gasteiger partial charge >= 0.3 is 0 Å². The summed E-state index contributed by atoms with van der Waals surface area (Å²) in [5.41, 5.74) is 6.83. The van der Waals surface area contributed by atoms with Gasteiger partial charge in [-0.1, -0.05) is 18.3 Å². The number of carbonyl (C=O) groups is 1. The molecule has 5 nitrogen and oxygen atoms in total. The van der Waals surface area contributed by atoms with Crippen molar-refractivity contribution in [2.24, 2.45) is 0 Å². The highest BCUT2D eigenvalue weighted by molar-refractivity contribution is 7.08. The Morgan fingerprint density at radius 2 is 2.21 bits per heavy atom. The van der Waals surface area contributed by atoms with E-state index in [0.29, 0.717) is 16.3 Å². The van der Waals surface area contributed by atoms with Crippen LogP contribution in [0.5, 0.6) is 0 Å². The number of nitrogens with one attached hydrogen (secondary N) is 1. The minimum absolute atomic E-state index is 0.102. The standard InChI is InChI=1S/C12H13FN4OS/c1-6(2)10-11(19-17-16-10)12(18)15-9-4-3-7(13)5-8(9)14/h3-6H,14H2,1-2H3,(H,15,18). The molecule has 0 saturated carbocycles. The van der Waals surface area contributed by atoms with E-state index in [0.717, 1.165) is 17.6 Å². The zero-order valence-electron chi connectivity index (χ0n) is 10.5. The van der Waals surface area contributed by atoms with E-state index < -0.39 is 5.82 Å². The van der Waals surface area contributed by atoms with Crippen LogP contribution in [0.15, 0.2) is 18.2 Å². The van der Waals surface area contributed by atoms with Gasteiger partial charge in [0, 0.05) is 0 Å². The molecule has 0 fully saturated rings. The maximum absolute atomic E-state index is 12.9. The lowest BCUT2D eigenvalue weighted by molar-refractivity contribution is 0.102. The number of hydrogen-bond donors (Lipinski definition) is 2. The van der Waals surface area contributed by atoms with Crippen molar-refractivity contribution in [3.63, 3.8) is 0 Å². The summed E-state index contributed by atoms with van der Waals surface area (Å²) in [5.74, 6) is -0.681. The Morgan fingerprint density at radius 3 is 2.84 bits per heavy atom. The molecule has 7 heteroatoms. The average molecular weight is 280 g/mol. The van der Waals surface area contributed by atoms with Crippen LogP contribution in [0.3, 0.4) is 0 Å². The Kier molecular flexibility index (Phi) is 3.75. The van der Waals surface area contributed by atoms with Gasteiger partial charge < -0.3 is 11.1 Å². The normalized spacial score (nSPS) is 10.7. The Bertz CT molecular complexity index is 612. The second kappa shape index (κ2) is 5.31. The Hall–Kier alpha value is -2.02. The highest BCUT2D eigenvalue weighted by atomic mass is 32.1. The van der Waals surface area contributed by atoms with E-state index in [9.17, 15) is 9.18 Å². The number of halogens is 1. The largest absolute Gasteiger partial charge is 0.397 e. The van der Waals surface area contributed by atoms with Crippen LogP contribution < -0.4 is 11.1 Å². The molecule has 0 bridgehead atoms. The molecule has 0 atom stereocenters. The monoisotopic (exact) mass is 280 g/mol. The molecular formula is C12H13FN4OS. The van der Waals surface area contributed by atoms with E-state index in [1.54, 1.807) is 0 Å². The third-order valence-electron chi connectivity index (χ3n) is 2.53. The molecule has 0 saturated heterocycles. The Labute approximate surface area is 113 Å². The summed E-state index contributed by atoms with van der Waals surface area (Å²) < 4.78 is 16.7. The number of carbonyl (C=O) groups excluding carboxylic acids is 1. The number of aromatic nitrogens is 2. The fourth-order valence-corrected chi connectivity index (χ4v) is 2.27. The van der Waals surface area contributed by atoms with Gasteiger partial charge in [-0.25, -0.2) is 4.39 Å². The molecule has 19 heavy (non-hydrogen) atoms. The highest BCUT2D eigenvalue weighted by Crippen LogP contribution is 2.23. The molecule has 0 aliphatic carbocycles. The van der Waals surface area contributed by atoms with Crippen molar-refractivity contribution in [2.45, 2.75) is 19.8 Å². The van der Waals surface area contributed by atoms with E-state index in [1.165, 1.54) is 12.1 Å². The first-order valence-corrected chi connectivity index (χ1v) is 6.45. The van der Waals surface area contributed by atoms with Gasteiger partial charge in [0.1, 0.15) is 10.7 Å². The predicted octanol–water partition coefficient (Wildman–Crippen LogP) is 2.64. The molecule has 0 aliphatic heterocycles. The van der Waals surface area contributed by atoms with Gasteiger partial charge in [-0.3, -0.25) is 4.79 Å². The fourth-order valence-electron chi connectivity index (χ4n) is 1.56. The Balaban J connectivity index is 2.23. The SMILES string of the molecule is CC(C)c1nnsc1C(=O)Nc1ccc(F)cc1N. The summed E-state index contributed by atoms with van der Waals surface area (Å²) in [4.78, 5) is 12.6. The van der Waals surface area contributed by atoms with Crippen molar-refractivity contribution in [2.75, 3.05) is 11.1 Å². The summed E-state index contributed by atoms with van der Waals surface area (Å²) in [7, 11) is 0. The van der Waals surface area contributed by atoms with Crippen LogP contribution >= 0.6 is 11.5 Å². The number of anilines is 2. The summed E-state index contributed by atoms with van der Waals surface area (Å²) in [6.45, 7) is 3.86. The van der Waals surface area contributed by atoms with Crippen LogP contribution in [0, 0.1) is 5.82 Å². The smallest absolute Gasteiger partial charge is 0.269 e. The van der Waals surface area contributed by atoms with Gasteiger partial charge in [0.25, 0.3) is 5.91 Å². The number of rotatable bonds is 3. The van der Waals surface area contributed by atoms with Crippen molar-refractivity contribution in [1.29, 1.82) is 0 Å². The van der Waals surface area contributed by atoms with E-state index in [1.807, 2.05) is 13.8 Å². The lowest BCUT2D eigenvalue weighted by Gasteiger charge is -2.08. The minimum Gasteiger partial charge on any atom is -0.397 e. The van der Waals surface area contributed by atoms with Crippen LogP contribution in [0.2, 0.25) is 0 Å². The van der Waals surface area contributed by atoms with E-state index in [2.05, 4.69) is 14.9 Å². The fraction of sp³-hybridized carbons (Fsp3) is 0.250. The lowest BCUT2D eigenvalue weighted by Crippen LogP contribution is -2.14. The quantitative estimate of drug-likeness (QED) is 0.847. The molecule has 1 aromatic heterocycles. The van der Waals surface area contributed by atoms with Crippen molar-refractivity contribution in [1.82, 2.24) is 9.59 Å². The number of nitrogen functional groups attached to an aromatic ring is 1. The zero-order chi connectivity index (χ0) is 14.0. The van der Waals surface area contributed by atoms with Gasteiger partial charge in [0.15, 0.2) is 0 Å². The molecule has 0 radical (unpaired) electrons. The lowest BCUT2D eigenvalue weighted by atomic mass is 10.1. The van der Waals surface area contributed by atoms with Crippen molar-refractivity contribution < 1.29 is 9.18 Å². The second-order valence-electron chi connectivity index (χ2n) is 4.33. The van der Waals surface area contributed by atoms with Crippen LogP contribution in [0.4, 0.5) is 15.8 Å². The molecular weight excluding hydrogens is 267 g/mol. The first kappa shape index (κ1) is 13.4. The van der Waals surface area contributed by atoms with Crippen LogP contribution in [-0.2, 0) is 0 Å². The molecule has 2 rings (SSSR count). The van der Waals surface area contributed by atoms with Gasteiger partial charge in [0.05, 0.1) is 17.1 Å². The van der Waals surface area contributed by atoms with Gasteiger partial charge in [-0.05, 0) is 35.6 Å². The molecule has 0 spiro atoms. The van der Waals surface area contributed by atoms with Crippen LogP contribution in [-0.4, -0.2) is 15.5 Å². The third-order valence-corrected chi connectivity index (χ3v) is 3.27. The molecule has 1 heterocycles. The topological polar surface area (TPSA) is 80.9 Å². The maximum atomic E-state index is 12.9. The van der Waals surface area contributed by atoms with Crippen LogP contribution in [0.25, 0.3) is 0 Å². The zero-order valence-corrected chi connectivity index (χ0v) is 11.3. The van der Waals surface area contributed by atoms with Crippen LogP contribution in [0.1, 0.15) is 35.1 Å². The molecule has 100 valence electrons. The summed E-state index contributed by atoms with van der Waals surface area (Å²) in [6.07, 6.45) is 0. The number of nitrogens with two attached hydrogens (primary N) is 1. The first-order chi connectivity index (χ1) is 8.99. The maximum Gasteiger partial charge on any atom is 0.269 e. The number of amides is 1. The van der Waals surface area contributed by atoms with Gasteiger partial charge in [-0.2, -0.15) is 0 Å². The van der Waals surface area contributed by atoms with Gasteiger partial charge in [0.2, 0.25) is 0 Å². The van der Waals surface area contributed by atoms with E-state index in [4.69, 9.17) is 5.73 Å². The van der Waals surface area contributed by atoms with E-state index >= 15 is 0 Å². The first-order valence-electron chi connectivity index (χ1n) is 5.67. The molecule has 1 aromatic carbocycles. The predicted molar refractivity (Wildman–Crippen MR) is 72.8 cm³/mol. The number of benzene rings is 1. The molecule has 2 aromatic rings. The minimum atomic E-state index is -0.446. The van der Waals surface area contributed by atoms with E-state index in [-0.39, 0.29) is 17.5 Å². The number of nitrogens with zero attached hydrogens (tertiary/aromatic N) is 2. The molecule has 0 aliphatic rings. The molecule has 1 amide bonds. The van der Waals surface area contributed by atoms with Crippen molar-refractivity contribution >= 4 is 28.8 Å². The second-order valence-corrected chi connectivity index (χ2v) is 5.08. The molecule has 3 N–H and O–H groups in total. The number of hydrogen-bond acceptors (Lipinski definition) is 5. The van der Waals surface area contributed by atoms with Crippen molar-refractivity contribution in [3.8, 4) is 0 Å². The average Bonchev–Trinajstić information content (AvgIpc) is 2.82. The summed E-state index contributed by atoms with van der Waals surface area (Å²) in [6, 6.07) is 3.82. The molecule has 0 unspecified atom stereocenters. The van der Waals surface area contributed by atoms with Gasteiger partial charge in [-0.15, -0.1) is 5.10 Å². The highest BCUT2D eigenvalue weighted by Gasteiger charge is 2.19. The third kappa shape index (κ3) is 2.87. The summed E-state index contributed by atoms with van der Waals surface area (Å²) in [5, 5.41) is 6.57. The summed E-state index contributed by atoms with van der Waals surface area (Å²) >= 11 is 1.03. The van der Waals surface area contributed by atoms with Crippen molar-refractivity contribution in [3.05, 3.63) is 34.6 Å². The Morgan fingerprint density at radius 1 is 1.47 bits per heavy atom.